The topological polar surface area (TPSA) is 64.0 Å². The number of benzene rings is 1. The summed E-state index contributed by atoms with van der Waals surface area (Å²) in [6.45, 7) is 3.68. The normalized spacial score (nSPS) is 11.7. The lowest BCUT2D eigenvalue weighted by Crippen LogP contribution is -2.25. The Labute approximate surface area is 111 Å². The SMILES string of the molecule is CCNS(=O)(=O)c1ccnn1-c1ccc(F)cc1C. The number of nitrogens with one attached hydrogen (secondary N) is 1. The van der Waals surface area contributed by atoms with Crippen molar-refractivity contribution in [2.24, 2.45) is 0 Å². The predicted molar refractivity (Wildman–Crippen MR) is 69.1 cm³/mol. The summed E-state index contributed by atoms with van der Waals surface area (Å²) in [6, 6.07) is 5.51. The van der Waals surface area contributed by atoms with Crippen LogP contribution in [0.25, 0.3) is 5.69 Å². The van der Waals surface area contributed by atoms with Gasteiger partial charge in [-0.1, -0.05) is 6.92 Å². The molecule has 0 bridgehead atoms. The van der Waals surface area contributed by atoms with Gasteiger partial charge in [-0.3, -0.25) is 0 Å². The molecule has 0 aliphatic rings. The highest BCUT2D eigenvalue weighted by Crippen LogP contribution is 2.19. The smallest absolute Gasteiger partial charge is 0.220 e. The van der Waals surface area contributed by atoms with Crippen molar-refractivity contribution in [2.75, 3.05) is 6.54 Å². The van der Waals surface area contributed by atoms with Crippen LogP contribution in [0, 0.1) is 12.7 Å². The van der Waals surface area contributed by atoms with Crippen molar-refractivity contribution in [3.8, 4) is 5.69 Å². The van der Waals surface area contributed by atoms with Crippen LogP contribution in [0.2, 0.25) is 0 Å². The second-order valence-corrected chi connectivity index (χ2v) is 5.73. The van der Waals surface area contributed by atoms with Gasteiger partial charge >= 0.3 is 0 Å². The molecule has 2 rings (SSSR count). The van der Waals surface area contributed by atoms with E-state index >= 15 is 0 Å². The summed E-state index contributed by atoms with van der Waals surface area (Å²) in [4.78, 5) is 0. The van der Waals surface area contributed by atoms with E-state index in [9.17, 15) is 12.8 Å². The molecule has 2 aromatic rings. The summed E-state index contributed by atoms with van der Waals surface area (Å²) in [6.07, 6.45) is 1.40. The van der Waals surface area contributed by atoms with Gasteiger partial charge in [0.15, 0.2) is 5.03 Å². The molecule has 0 radical (unpaired) electrons. The Bertz CT molecular complexity index is 695. The zero-order valence-electron chi connectivity index (χ0n) is 10.6. The van der Waals surface area contributed by atoms with Crippen LogP contribution in [0.1, 0.15) is 12.5 Å². The third-order valence-electron chi connectivity index (χ3n) is 2.60. The molecule has 1 aromatic carbocycles. The van der Waals surface area contributed by atoms with E-state index in [0.717, 1.165) is 0 Å². The van der Waals surface area contributed by atoms with E-state index in [1.807, 2.05) is 0 Å². The van der Waals surface area contributed by atoms with Crippen LogP contribution in [-0.4, -0.2) is 24.7 Å². The molecule has 0 unspecified atom stereocenters. The van der Waals surface area contributed by atoms with E-state index in [2.05, 4.69) is 9.82 Å². The maximum atomic E-state index is 13.1. The molecule has 0 saturated carbocycles. The molecule has 1 aromatic heterocycles. The van der Waals surface area contributed by atoms with Crippen LogP contribution in [0.5, 0.6) is 0 Å². The Morgan fingerprint density at radius 2 is 2.11 bits per heavy atom. The quantitative estimate of drug-likeness (QED) is 0.927. The van der Waals surface area contributed by atoms with E-state index in [4.69, 9.17) is 0 Å². The van der Waals surface area contributed by atoms with Gasteiger partial charge in [0.05, 0.1) is 11.9 Å². The Kier molecular flexibility index (Phi) is 3.68. The molecule has 1 N–H and O–H groups in total. The molecule has 0 fully saturated rings. The highest BCUT2D eigenvalue weighted by molar-refractivity contribution is 7.89. The number of hydrogen-bond donors (Lipinski definition) is 1. The summed E-state index contributed by atoms with van der Waals surface area (Å²) < 4.78 is 40.8. The minimum atomic E-state index is -3.62. The van der Waals surface area contributed by atoms with Crippen LogP contribution < -0.4 is 4.72 Å². The molecule has 0 atom stereocenters. The fraction of sp³-hybridized carbons (Fsp3) is 0.250. The minimum Gasteiger partial charge on any atom is -0.220 e. The second kappa shape index (κ2) is 5.10. The summed E-state index contributed by atoms with van der Waals surface area (Å²) in [5.41, 5.74) is 1.14. The average molecular weight is 283 g/mol. The van der Waals surface area contributed by atoms with E-state index in [-0.39, 0.29) is 17.4 Å². The lowest BCUT2D eigenvalue weighted by atomic mass is 10.2. The largest absolute Gasteiger partial charge is 0.258 e. The van der Waals surface area contributed by atoms with Gasteiger partial charge in [0, 0.05) is 6.54 Å². The van der Waals surface area contributed by atoms with Crippen molar-refractivity contribution in [1.82, 2.24) is 14.5 Å². The Morgan fingerprint density at radius 1 is 1.37 bits per heavy atom. The Morgan fingerprint density at radius 3 is 2.74 bits per heavy atom. The first kappa shape index (κ1) is 13.7. The lowest BCUT2D eigenvalue weighted by molar-refractivity contribution is 0.573. The molecule has 1 heterocycles. The molecule has 0 spiro atoms. The average Bonchev–Trinajstić information content (AvgIpc) is 2.78. The number of halogens is 1. The molecule has 0 saturated heterocycles. The molecule has 5 nitrogen and oxygen atoms in total. The standard InChI is InChI=1S/C12H14FN3O2S/c1-3-15-19(17,18)12-6-7-14-16(12)11-5-4-10(13)8-9(11)2/h4-8,15H,3H2,1-2H3. The third kappa shape index (κ3) is 2.66. The van der Waals surface area contributed by atoms with Crippen molar-refractivity contribution in [1.29, 1.82) is 0 Å². The third-order valence-corrected chi connectivity index (χ3v) is 4.13. The van der Waals surface area contributed by atoms with Gasteiger partial charge in [-0.05, 0) is 36.8 Å². The van der Waals surface area contributed by atoms with Crippen molar-refractivity contribution in [2.45, 2.75) is 18.9 Å². The number of rotatable bonds is 4. The first-order valence-corrected chi connectivity index (χ1v) is 7.24. The van der Waals surface area contributed by atoms with Gasteiger partial charge in [0.1, 0.15) is 5.82 Å². The number of aromatic nitrogens is 2. The van der Waals surface area contributed by atoms with Gasteiger partial charge in [-0.25, -0.2) is 22.2 Å². The lowest BCUT2D eigenvalue weighted by Gasteiger charge is -2.10. The molecule has 0 aliphatic heterocycles. The van der Waals surface area contributed by atoms with Gasteiger partial charge in [0.25, 0.3) is 10.0 Å². The maximum absolute atomic E-state index is 13.1. The zero-order valence-corrected chi connectivity index (χ0v) is 11.4. The fourth-order valence-corrected chi connectivity index (χ4v) is 2.94. The summed E-state index contributed by atoms with van der Waals surface area (Å²) >= 11 is 0. The first-order valence-electron chi connectivity index (χ1n) is 5.76. The van der Waals surface area contributed by atoms with Crippen LogP contribution in [-0.2, 0) is 10.0 Å². The number of aryl methyl sites for hydroxylation is 1. The van der Waals surface area contributed by atoms with Crippen molar-refractivity contribution in [3.05, 3.63) is 41.8 Å². The fourth-order valence-electron chi connectivity index (χ4n) is 1.80. The molecule has 0 aliphatic carbocycles. The van der Waals surface area contributed by atoms with Gasteiger partial charge in [0.2, 0.25) is 0 Å². The number of nitrogens with zero attached hydrogens (tertiary/aromatic N) is 2. The van der Waals surface area contributed by atoms with Crippen LogP contribution in [0.15, 0.2) is 35.5 Å². The summed E-state index contributed by atoms with van der Waals surface area (Å²) in [5, 5.41) is 4.03. The minimum absolute atomic E-state index is 0.0315. The van der Waals surface area contributed by atoms with Crippen LogP contribution >= 0.6 is 0 Å². The van der Waals surface area contributed by atoms with Crippen molar-refractivity contribution < 1.29 is 12.8 Å². The molecular weight excluding hydrogens is 269 g/mol. The molecule has 0 amide bonds. The van der Waals surface area contributed by atoms with Gasteiger partial charge in [-0.2, -0.15) is 5.10 Å². The van der Waals surface area contributed by atoms with E-state index in [1.54, 1.807) is 13.8 Å². The highest BCUT2D eigenvalue weighted by Gasteiger charge is 2.20. The number of sulfonamides is 1. The molecular formula is C12H14FN3O2S. The molecule has 7 heteroatoms. The monoisotopic (exact) mass is 283 g/mol. The van der Waals surface area contributed by atoms with Gasteiger partial charge in [-0.15, -0.1) is 0 Å². The van der Waals surface area contributed by atoms with Crippen molar-refractivity contribution >= 4 is 10.0 Å². The number of hydrogen-bond acceptors (Lipinski definition) is 3. The van der Waals surface area contributed by atoms with Crippen LogP contribution in [0.3, 0.4) is 0 Å². The second-order valence-electron chi connectivity index (χ2n) is 4.01. The first-order chi connectivity index (χ1) is 8.95. The summed E-state index contributed by atoms with van der Waals surface area (Å²) in [7, 11) is -3.62. The maximum Gasteiger partial charge on any atom is 0.258 e. The molecule has 102 valence electrons. The molecule has 19 heavy (non-hydrogen) atoms. The van der Waals surface area contributed by atoms with E-state index < -0.39 is 10.0 Å². The Hall–Kier alpha value is -1.73. The van der Waals surface area contributed by atoms with E-state index in [0.29, 0.717) is 11.3 Å². The van der Waals surface area contributed by atoms with Crippen molar-refractivity contribution in [3.63, 3.8) is 0 Å². The van der Waals surface area contributed by atoms with Gasteiger partial charge < -0.3 is 0 Å². The predicted octanol–water partition coefficient (Wildman–Crippen LogP) is 1.62. The summed E-state index contributed by atoms with van der Waals surface area (Å²) in [5.74, 6) is -0.371. The Balaban J connectivity index is 2.57. The van der Waals surface area contributed by atoms with Crippen LogP contribution in [0.4, 0.5) is 4.39 Å². The zero-order chi connectivity index (χ0) is 14.0. The van der Waals surface area contributed by atoms with E-state index in [1.165, 1.54) is 35.1 Å². The highest BCUT2D eigenvalue weighted by atomic mass is 32.2.